The molecule has 246 valence electrons. The smallest absolute Gasteiger partial charge is 0.446 e. The molecule has 0 amide bonds. The molecule has 0 saturated carbocycles. The SMILES string of the molecule is CC1N[P+]2(Oc3ccccc3)C(N[P+](Cl)(Oc3ccccc3)N[P+](Oc3ccccc3)(Oc3ccccc3)C1C)[C@@H]2Oc1ccccc1. The van der Waals surface area contributed by atoms with Gasteiger partial charge < -0.3 is 9.26 Å². The summed E-state index contributed by atoms with van der Waals surface area (Å²) in [7, 11) is -9.20. The van der Waals surface area contributed by atoms with E-state index in [0.717, 1.165) is 11.5 Å². The Morgan fingerprint density at radius 2 is 0.896 bits per heavy atom. The van der Waals surface area contributed by atoms with Crippen molar-refractivity contribution in [2.75, 3.05) is 0 Å². The minimum atomic E-state index is -3.35. The lowest BCUT2D eigenvalue weighted by Gasteiger charge is -2.31. The zero-order valence-corrected chi connectivity index (χ0v) is 29.9. The van der Waals surface area contributed by atoms with Crippen LogP contribution in [0.2, 0.25) is 0 Å². The van der Waals surface area contributed by atoms with Gasteiger partial charge in [0.05, 0.1) is 10.9 Å². The van der Waals surface area contributed by atoms with Crippen LogP contribution in [0.5, 0.6) is 28.7 Å². The monoisotopic (exact) mass is 720 g/mol. The standard InChI is InChI=1S/C36H38ClN3O5P3/c1-28-29(2)47(43-32-22-12-5-13-23-32,44-33-24-14-6-15-25-33)40-48(37,45-34-26-16-7-17-27-34)39-35-36(41-30-18-8-3-9-19-30)46(35,38-28)42-31-20-10-4-11-21-31/h3-29,35-36,38-40H,1-2H3/q+3/t28?,29?,35?,36-,46?,48?/m1/s1. The highest BCUT2D eigenvalue weighted by Crippen LogP contribution is 2.85. The molecular weight excluding hydrogens is 683 g/mol. The highest BCUT2D eigenvalue weighted by molar-refractivity contribution is 7.99. The Morgan fingerprint density at radius 1 is 0.500 bits per heavy atom. The van der Waals surface area contributed by atoms with E-state index in [1.54, 1.807) is 0 Å². The zero-order chi connectivity index (χ0) is 33.0. The van der Waals surface area contributed by atoms with Crippen molar-refractivity contribution in [2.45, 2.75) is 37.2 Å². The van der Waals surface area contributed by atoms with Crippen molar-refractivity contribution in [3.8, 4) is 28.7 Å². The fourth-order valence-corrected chi connectivity index (χ4v) is 17.6. The number of rotatable bonds is 10. The fraction of sp³-hybridized carbons (Fsp3) is 0.167. The molecule has 7 rings (SSSR count). The Morgan fingerprint density at radius 3 is 1.35 bits per heavy atom. The van der Waals surface area contributed by atoms with Crippen LogP contribution < -0.4 is 37.9 Å². The number of halogens is 1. The Labute approximate surface area is 288 Å². The van der Waals surface area contributed by atoms with E-state index in [1.165, 1.54) is 0 Å². The van der Waals surface area contributed by atoms with E-state index in [-0.39, 0.29) is 23.3 Å². The van der Waals surface area contributed by atoms with Crippen molar-refractivity contribution in [1.29, 1.82) is 0 Å². The van der Waals surface area contributed by atoms with Crippen molar-refractivity contribution >= 4 is 33.9 Å². The van der Waals surface area contributed by atoms with E-state index in [2.05, 4.69) is 28.9 Å². The molecule has 48 heavy (non-hydrogen) atoms. The molecule has 0 aliphatic carbocycles. The van der Waals surface area contributed by atoms with E-state index in [4.69, 9.17) is 34.1 Å². The first-order valence-electron chi connectivity index (χ1n) is 15.8. The summed E-state index contributed by atoms with van der Waals surface area (Å²) in [6, 6.07) is 48.3. The highest BCUT2D eigenvalue weighted by Gasteiger charge is 2.88. The Hall–Kier alpha value is -3.44. The van der Waals surface area contributed by atoms with Crippen molar-refractivity contribution in [1.82, 2.24) is 15.0 Å². The molecule has 5 unspecified atom stereocenters. The molecule has 0 radical (unpaired) electrons. The molecule has 6 atom stereocenters. The molecule has 3 N–H and O–H groups in total. The van der Waals surface area contributed by atoms with Crippen molar-refractivity contribution in [2.24, 2.45) is 0 Å². The van der Waals surface area contributed by atoms with Gasteiger partial charge in [0.2, 0.25) is 0 Å². The molecule has 0 bridgehead atoms. The van der Waals surface area contributed by atoms with Gasteiger partial charge >= 0.3 is 28.5 Å². The third-order valence-corrected chi connectivity index (χ3v) is 18.6. The van der Waals surface area contributed by atoms with Crippen molar-refractivity contribution in [3.63, 3.8) is 0 Å². The van der Waals surface area contributed by atoms with Crippen LogP contribution >= 0.6 is 33.9 Å². The lowest BCUT2D eigenvalue weighted by atomic mass is 10.3. The van der Waals surface area contributed by atoms with E-state index in [1.807, 2.05) is 152 Å². The lowest BCUT2D eigenvalue weighted by molar-refractivity contribution is 0.305. The Kier molecular flexibility index (Phi) is 9.78. The average molecular weight is 721 g/mol. The molecule has 2 aliphatic rings. The third kappa shape index (κ3) is 7.27. The molecule has 2 heterocycles. The van der Waals surface area contributed by atoms with Crippen LogP contribution in [0, 0.1) is 0 Å². The maximum Gasteiger partial charge on any atom is 0.476 e. The Bertz CT molecular complexity index is 1730. The van der Waals surface area contributed by atoms with Crippen LogP contribution in [-0.4, -0.2) is 23.3 Å². The van der Waals surface area contributed by atoms with E-state index in [9.17, 15) is 0 Å². The number of nitrogens with one attached hydrogen (secondary N) is 3. The van der Waals surface area contributed by atoms with Gasteiger partial charge in [0, 0.05) is 0 Å². The molecule has 2 fully saturated rings. The lowest BCUT2D eigenvalue weighted by Crippen LogP contribution is -2.43. The minimum Gasteiger partial charge on any atom is -0.446 e. The number of ether oxygens (including phenoxy) is 1. The van der Waals surface area contributed by atoms with Gasteiger partial charge in [-0.05, 0) is 74.5 Å². The maximum absolute atomic E-state index is 7.76. The van der Waals surface area contributed by atoms with Gasteiger partial charge in [0.1, 0.15) is 5.75 Å². The van der Waals surface area contributed by atoms with Gasteiger partial charge in [-0.3, -0.25) is 13.6 Å². The summed E-state index contributed by atoms with van der Waals surface area (Å²) in [5.41, 5.74) is -0.273. The predicted octanol–water partition coefficient (Wildman–Crippen LogP) is 10.1. The van der Waals surface area contributed by atoms with Crippen LogP contribution in [0.4, 0.5) is 0 Å². The molecule has 8 nitrogen and oxygen atoms in total. The van der Waals surface area contributed by atoms with Gasteiger partial charge in [-0.1, -0.05) is 96.1 Å². The second kappa shape index (κ2) is 14.2. The third-order valence-electron chi connectivity index (χ3n) is 8.15. The first kappa shape index (κ1) is 33.1. The van der Waals surface area contributed by atoms with E-state index in [0.29, 0.717) is 17.2 Å². The molecule has 5 aromatic carbocycles. The first-order chi connectivity index (χ1) is 23.4. The van der Waals surface area contributed by atoms with Gasteiger partial charge in [0.25, 0.3) is 5.78 Å². The molecule has 2 saturated heterocycles. The van der Waals surface area contributed by atoms with Crippen LogP contribution in [-0.2, 0) is 0 Å². The van der Waals surface area contributed by atoms with Crippen LogP contribution in [0.15, 0.2) is 152 Å². The first-order valence-corrected chi connectivity index (χ1v) is 21.9. The molecule has 2 aliphatic heterocycles. The average Bonchev–Trinajstić information content (AvgIpc) is 3.65. The van der Waals surface area contributed by atoms with Gasteiger partial charge in [-0.15, -0.1) is 5.09 Å². The Balaban J connectivity index is 1.35. The van der Waals surface area contributed by atoms with E-state index >= 15 is 0 Å². The summed E-state index contributed by atoms with van der Waals surface area (Å²) in [6.45, 7) is 4.25. The van der Waals surface area contributed by atoms with Crippen LogP contribution in [0.25, 0.3) is 0 Å². The quantitative estimate of drug-likeness (QED) is 0.123. The number of hydrogen-bond donors (Lipinski definition) is 3. The van der Waals surface area contributed by atoms with Gasteiger partial charge in [0.15, 0.2) is 39.9 Å². The summed E-state index contributed by atoms with van der Waals surface area (Å²) >= 11 is 7.76. The maximum atomic E-state index is 7.76. The normalized spacial score (nSPS) is 27.6. The largest absolute Gasteiger partial charge is 0.476 e. The molecule has 12 heteroatoms. The second-order valence-corrected chi connectivity index (χ2v) is 20.6. The van der Waals surface area contributed by atoms with Gasteiger partial charge in [-0.25, -0.2) is 0 Å². The predicted molar refractivity (Wildman–Crippen MR) is 198 cm³/mol. The molecule has 0 spiro atoms. The van der Waals surface area contributed by atoms with Gasteiger partial charge in [-0.2, -0.15) is 0 Å². The summed E-state index contributed by atoms with van der Waals surface area (Å²) < 4.78 is 34.4. The highest BCUT2D eigenvalue weighted by atomic mass is 35.7. The van der Waals surface area contributed by atoms with Crippen molar-refractivity contribution < 1.29 is 22.8 Å². The summed E-state index contributed by atoms with van der Waals surface area (Å²) in [5.74, 6) is 2.66. The number of hydrogen-bond acceptors (Lipinski definition) is 8. The number of benzene rings is 5. The zero-order valence-electron chi connectivity index (χ0n) is 26.5. The number of para-hydroxylation sites is 5. The van der Waals surface area contributed by atoms with E-state index < -0.39 is 22.7 Å². The molecular formula is C36H38ClN3O5P3+3. The fourth-order valence-electron chi connectivity index (χ4n) is 5.53. The van der Waals surface area contributed by atoms with Crippen molar-refractivity contribution in [3.05, 3.63) is 152 Å². The minimum absolute atomic E-state index is 0.191. The summed E-state index contributed by atoms with van der Waals surface area (Å²) in [6.07, 6.45) is 0. The topological polar surface area (TPSA) is 82.2 Å². The molecule has 0 aromatic heterocycles. The van der Waals surface area contributed by atoms with Crippen LogP contribution in [0.3, 0.4) is 0 Å². The summed E-state index contributed by atoms with van der Waals surface area (Å²) in [5, 5.41) is 7.64. The summed E-state index contributed by atoms with van der Waals surface area (Å²) in [4.78, 5) is 3.71. The number of fused-ring (bicyclic) bond motifs is 1. The second-order valence-electron chi connectivity index (χ2n) is 11.6. The molecule has 5 aromatic rings. The van der Waals surface area contributed by atoms with Crippen LogP contribution in [0.1, 0.15) is 13.8 Å².